The van der Waals surface area contributed by atoms with Crippen LogP contribution < -0.4 is 0 Å². The second kappa shape index (κ2) is 5.58. The van der Waals surface area contributed by atoms with Gasteiger partial charge in [-0.15, -0.1) is 0 Å². The van der Waals surface area contributed by atoms with E-state index in [1.165, 1.54) is 30.3 Å². The van der Waals surface area contributed by atoms with Crippen LogP contribution in [0.5, 0.6) is 0 Å². The Morgan fingerprint density at radius 2 is 1.94 bits per heavy atom. The van der Waals surface area contributed by atoms with Crippen molar-refractivity contribution in [2.75, 3.05) is 0 Å². The number of rotatable bonds is 3. The van der Waals surface area contributed by atoms with Crippen molar-refractivity contribution in [1.82, 2.24) is 0 Å². The van der Waals surface area contributed by atoms with E-state index in [9.17, 15) is 13.2 Å². The molecule has 0 spiro atoms. The first-order chi connectivity index (χ1) is 7.81. The van der Waals surface area contributed by atoms with Gasteiger partial charge in [-0.1, -0.05) is 18.2 Å². The highest BCUT2D eigenvalue weighted by atomic mass is 32.2. The van der Waals surface area contributed by atoms with Crippen LogP contribution in [0, 0.1) is 5.82 Å². The van der Waals surface area contributed by atoms with E-state index in [0.717, 1.165) is 6.07 Å². The van der Waals surface area contributed by atoms with E-state index in [0.29, 0.717) is 0 Å². The minimum Gasteiger partial charge on any atom is -0.223 e. The van der Waals surface area contributed by atoms with E-state index in [4.69, 9.17) is 0 Å². The Morgan fingerprint density at radius 1 is 1.29 bits per heavy atom. The summed E-state index contributed by atoms with van der Waals surface area (Å²) in [6, 6.07) is 3.90. The quantitative estimate of drug-likeness (QED) is 0.571. The fraction of sp³-hybridized carbons (Fsp3) is 0.417. The lowest BCUT2D eigenvalue weighted by molar-refractivity contribution is 0.146. The summed E-state index contributed by atoms with van der Waals surface area (Å²) in [5.74, 6) is -0.902. The number of hydrogen-bond acceptors (Lipinski definition) is 2. The third-order valence-corrected chi connectivity index (χ3v) is 2.57. The summed E-state index contributed by atoms with van der Waals surface area (Å²) in [7, 11) is 0. The summed E-state index contributed by atoms with van der Waals surface area (Å²) in [5, 5.41) is 0. The van der Waals surface area contributed by atoms with Crippen molar-refractivity contribution in [2.24, 2.45) is 4.40 Å². The van der Waals surface area contributed by atoms with Crippen LogP contribution in [-0.2, 0) is 0 Å². The van der Waals surface area contributed by atoms with Crippen molar-refractivity contribution in [3.05, 3.63) is 35.1 Å². The molecule has 0 N–H and O–H groups in total. The molecule has 0 fully saturated rings. The summed E-state index contributed by atoms with van der Waals surface area (Å²) >= 11 is 1.27. The molecular weight excluding hydrogens is 247 g/mol. The van der Waals surface area contributed by atoms with Crippen molar-refractivity contribution < 1.29 is 13.2 Å². The minimum absolute atomic E-state index is 0.0829. The van der Waals surface area contributed by atoms with Gasteiger partial charge in [0.05, 0.1) is 5.56 Å². The molecular formula is C12H14F3NS. The molecule has 0 aliphatic rings. The second-order valence-electron chi connectivity index (χ2n) is 4.49. The lowest BCUT2D eigenvalue weighted by Crippen LogP contribution is -2.05. The molecule has 1 nitrogen and oxygen atoms in total. The third-order valence-electron chi connectivity index (χ3n) is 1.81. The molecule has 0 aliphatic heterocycles. The SMILES string of the molecule is CC(C)(C)SN=Cc1cccc(C(F)F)c1F. The smallest absolute Gasteiger partial charge is 0.223 e. The molecule has 0 saturated heterocycles. The molecule has 0 saturated carbocycles. The van der Waals surface area contributed by atoms with Gasteiger partial charge in [-0.3, -0.25) is 0 Å². The van der Waals surface area contributed by atoms with Crippen molar-refractivity contribution >= 4 is 18.2 Å². The van der Waals surface area contributed by atoms with Crippen molar-refractivity contribution in [1.29, 1.82) is 0 Å². The van der Waals surface area contributed by atoms with E-state index < -0.39 is 17.8 Å². The van der Waals surface area contributed by atoms with Crippen LogP contribution >= 0.6 is 11.9 Å². The first kappa shape index (κ1) is 14.1. The third kappa shape index (κ3) is 4.42. The largest absolute Gasteiger partial charge is 0.266 e. The summed E-state index contributed by atoms with van der Waals surface area (Å²) in [6.45, 7) is 5.88. The highest BCUT2D eigenvalue weighted by molar-refractivity contribution is 7.99. The molecule has 0 unspecified atom stereocenters. The lowest BCUT2D eigenvalue weighted by atomic mass is 10.1. The Kier molecular flexibility index (Phi) is 4.62. The predicted octanol–water partition coefficient (Wildman–Crippen LogP) is 4.63. The molecule has 5 heteroatoms. The topological polar surface area (TPSA) is 12.4 Å². The van der Waals surface area contributed by atoms with Crippen molar-refractivity contribution in [3.8, 4) is 0 Å². The molecule has 1 aromatic carbocycles. The molecule has 1 aromatic rings. The number of hydrogen-bond donors (Lipinski definition) is 0. The van der Waals surface area contributed by atoms with Crippen LogP contribution in [0.1, 0.15) is 38.3 Å². The van der Waals surface area contributed by atoms with Gasteiger partial charge in [-0.2, -0.15) is 0 Å². The van der Waals surface area contributed by atoms with Crippen LogP contribution in [0.4, 0.5) is 13.2 Å². The number of benzene rings is 1. The zero-order valence-electron chi connectivity index (χ0n) is 9.88. The molecule has 0 amide bonds. The fourth-order valence-electron chi connectivity index (χ4n) is 1.08. The number of halogens is 3. The highest BCUT2D eigenvalue weighted by Crippen LogP contribution is 2.26. The maximum Gasteiger partial charge on any atom is 0.266 e. The van der Waals surface area contributed by atoms with E-state index >= 15 is 0 Å². The second-order valence-corrected chi connectivity index (χ2v) is 6.11. The van der Waals surface area contributed by atoms with Crippen LogP contribution in [0.15, 0.2) is 22.6 Å². The van der Waals surface area contributed by atoms with Crippen LogP contribution in [-0.4, -0.2) is 11.0 Å². The van der Waals surface area contributed by atoms with E-state index in [1.807, 2.05) is 20.8 Å². The average molecular weight is 261 g/mol. The Labute approximate surface area is 103 Å². The van der Waals surface area contributed by atoms with Crippen molar-refractivity contribution in [2.45, 2.75) is 31.9 Å². The van der Waals surface area contributed by atoms with E-state index in [2.05, 4.69) is 4.40 Å². The maximum absolute atomic E-state index is 13.6. The van der Waals surface area contributed by atoms with Gasteiger partial charge >= 0.3 is 0 Å². The molecule has 94 valence electrons. The zero-order chi connectivity index (χ0) is 13.1. The van der Waals surface area contributed by atoms with Gasteiger partial charge in [0.1, 0.15) is 5.82 Å². The van der Waals surface area contributed by atoms with Gasteiger partial charge in [0.25, 0.3) is 6.43 Å². The molecule has 0 radical (unpaired) electrons. The lowest BCUT2D eigenvalue weighted by Gasteiger charge is -2.12. The Morgan fingerprint density at radius 3 is 2.47 bits per heavy atom. The normalized spacial score (nSPS) is 12.6. The standard InChI is InChI=1S/C12H14F3NS/c1-12(2,3)17-16-7-8-5-4-6-9(10(8)13)11(14)15/h4-7,11H,1-3H3. The molecule has 0 heterocycles. The van der Waals surface area contributed by atoms with Gasteiger partial charge in [0, 0.05) is 16.5 Å². The maximum atomic E-state index is 13.6. The zero-order valence-corrected chi connectivity index (χ0v) is 10.7. The summed E-state index contributed by atoms with van der Waals surface area (Å²) < 4.78 is 42.3. The molecule has 0 aromatic heterocycles. The first-order valence-corrected chi connectivity index (χ1v) is 5.87. The van der Waals surface area contributed by atoms with Gasteiger partial charge in [-0.05, 0) is 32.7 Å². The molecule has 0 aliphatic carbocycles. The monoisotopic (exact) mass is 261 g/mol. The van der Waals surface area contributed by atoms with Gasteiger partial charge < -0.3 is 0 Å². The predicted molar refractivity (Wildman–Crippen MR) is 66.3 cm³/mol. The fourth-order valence-corrected chi connectivity index (χ4v) is 1.56. The Balaban J connectivity index is 2.89. The first-order valence-electron chi connectivity index (χ1n) is 5.09. The van der Waals surface area contributed by atoms with E-state index in [-0.39, 0.29) is 10.3 Å². The number of alkyl halides is 2. The van der Waals surface area contributed by atoms with Gasteiger partial charge in [0.2, 0.25) is 0 Å². The van der Waals surface area contributed by atoms with Gasteiger partial charge in [-0.25, -0.2) is 17.6 Å². The molecule has 0 atom stereocenters. The Bertz CT molecular complexity index is 411. The summed E-state index contributed by atoms with van der Waals surface area (Å²) in [6.07, 6.45) is -1.53. The molecule has 1 rings (SSSR count). The van der Waals surface area contributed by atoms with E-state index in [1.54, 1.807) is 0 Å². The highest BCUT2D eigenvalue weighted by Gasteiger charge is 2.15. The molecule has 17 heavy (non-hydrogen) atoms. The minimum atomic E-state index is -2.81. The van der Waals surface area contributed by atoms with Crippen LogP contribution in [0.25, 0.3) is 0 Å². The summed E-state index contributed by atoms with van der Waals surface area (Å²) in [5.41, 5.74) is -0.505. The average Bonchev–Trinajstić information content (AvgIpc) is 2.18. The Hall–Kier alpha value is -0.970. The van der Waals surface area contributed by atoms with Gasteiger partial charge in [0.15, 0.2) is 0 Å². The molecule has 0 bridgehead atoms. The number of nitrogens with zero attached hydrogens (tertiary/aromatic N) is 1. The summed E-state index contributed by atoms with van der Waals surface area (Å²) in [4.78, 5) is 0. The van der Waals surface area contributed by atoms with Crippen LogP contribution in [0.3, 0.4) is 0 Å². The van der Waals surface area contributed by atoms with Crippen molar-refractivity contribution in [3.63, 3.8) is 0 Å². The van der Waals surface area contributed by atoms with Crippen LogP contribution in [0.2, 0.25) is 0 Å².